The van der Waals surface area contributed by atoms with Crippen molar-refractivity contribution in [3.05, 3.63) is 28.7 Å². The maximum absolute atomic E-state index is 3.43. The van der Waals surface area contributed by atoms with Gasteiger partial charge in [0.1, 0.15) is 0 Å². The lowest BCUT2D eigenvalue weighted by Gasteiger charge is -2.27. The Hall–Kier alpha value is 0.01000. The van der Waals surface area contributed by atoms with Crippen molar-refractivity contribution in [3.8, 4) is 0 Å². The van der Waals surface area contributed by atoms with E-state index in [1.165, 1.54) is 23.6 Å². The maximum atomic E-state index is 3.43. The zero-order valence-corrected chi connectivity index (χ0v) is 9.70. The Morgan fingerprint density at radius 2 is 2.08 bits per heavy atom. The third-order valence-electron chi connectivity index (χ3n) is 2.19. The van der Waals surface area contributed by atoms with Gasteiger partial charge in [-0.1, -0.05) is 15.9 Å². The van der Waals surface area contributed by atoms with Gasteiger partial charge in [0, 0.05) is 21.2 Å². The fourth-order valence-electron chi connectivity index (χ4n) is 1.22. The minimum atomic E-state index is 0.744. The molecule has 0 amide bonds. The van der Waals surface area contributed by atoms with Crippen LogP contribution in [0.5, 0.6) is 0 Å². The average Bonchev–Trinajstić information content (AvgIpc) is 2.05. The van der Waals surface area contributed by atoms with Gasteiger partial charge in [0.25, 0.3) is 0 Å². The molecule has 1 aromatic rings. The Morgan fingerprint density at radius 1 is 1.38 bits per heavy atom. The Balaban J connectivity index is 1.83. The highest BCUT2D eigenvalue weighted by molar-refractivity contribution is 9.10. The molecule has 1 aliphatic heterocycles. The van der Waals surface area contributed by atoms with Gasteiger partial charge in [0.2, 0.25) is 0 Å². The van der Waals surface area contributed by atoms with Crippen LogP contribution in [0.3, 0.4) is 0 Å². The zero-order valence-electron chi connectivity index (χ0n) is 7.29. The van der Waals surface area contributed by atoms with E-state index in [9.17, 15) is 0 Å². The first-order chi connectivity index (χ1) is 6.34. The number of benzene rings is 1. The molecule has 3 heteroatoms. The van der Waals surface area contributed by atoms with Crippen LogP contribution >= 0.6 is 27.7 Å². The number of nitrogens with one attached hydrogen (secondary N) is 1. The third kappa shape index (κ3) is 2.73. The van der Waals surface area contributed by atoms with Gasteiger partial charge in [0.15, 0.2) is 0 Å². The van der Waals surface area contributed by atoms with Crippen LogP contribution in [0.4, 0.5) is 0 Å². The lowest BCUT2D eigenvalue weighted by atomic mass is 10.1. The second-order valence-corrected chi connectivity index (χ2v) is 5.21. The van der Waals surface area contributed by atoms with E-state index in [0.29, 0.717) is 0 Å². The van der Waals surface area contributed by atoms with Crippen molar-refractivity contribution in [3.63, 3.8) is 0 Å². The molecule has 2 rings (SSSR count). The van der Waals surface area contributed by atoms with Crippen LogP contribution in [-0.2, 0) is 0 Å². The molecule has 1 fully saturated rings. The van der Waals surface area contributed by atoms with Crippen LogP contribution in [0, 0.1) is 0 Å². The lowest BCUT2D eigenvalue weighted by molar-refractivity contribution is 0.405. The molecular formula is C10H12BrNS. The molecule has 0 aromatic heterocycles. The molecule has 1 atom stereocenters. The van der Waals surface area contributed by atoms with E-state index in [2.05, 4.69) is 45.5 Å². The first kappa shape index (κ1) is 9.56. The molecule has 13 heavy (non-hydrogen) atoms. The van der Waals surface area contributed by atoms with Crippen LogP contribution in [-0.4, -0.2) is 18.3 Å². The van der Waals surface area contributed by atoms with Gasteiger partial charge in [-0.15, -0.1) is 11.8 Å². The normalized spacial score (nSPS) is 21.2. The van der Waals surface area contributed by atoms with Crippen LogP contribution in [0.15, 0.2) is 33.6 Å². The van der Waals surface area contributed by atoms with Crippen molar-refractivity contribution in [1.29, 1.82) is 0 Å². The molecule has 1 heterocycles. The summed E-state index contributed by atoms with van der Waals surface area (Å²) >= 11 is 5.36. The van der Waals surface area contributed by atoms with Crippen molar-refractivity contribution in [2.24, 2.45) is 0 Å². The Labute approximate surface area is 91.4 Å². The molecular weight excluding hydrogens is 246 g/mol. The molecule has 1 aromatic carbocycles. The average molecular weight is 258 g/mol. The van der Waals surface area contributed by atoms with E-state index >= 15 is 0 Å². The zero-order chi connectivity index (χ0) is 9.10. The number of halogens is 1. The first-order valence-corrected chi connectivity index (χ1v) is 6.24. The van der Waals surface area contributed by atoms with Gasteiger partial charge in [-0.2, -0.15) is 0 Å². The molecule has 0 aliphatic carbocycles. The van der Waals surface area contributed by atoms with E-state index in [4.69, 9.17) is 0 Å². The van der Waals surface area contributed by atoms with Gasteiger partial charge in [0.05, 0.1) is 0 Å². The predicted molar refractivity (Wildman–Crippen MR) is 61.3 cm³/mol. The SMILES string of the molecule is Brc1ccc(SCC2CCN2)cc1. The fourth-order valence-corrected chi connectivity index (χ4v) is 2.49. The first-order valence-electron chi connectivity index (χ1n) is 4.46. The largest absolute Gasteiger partial charge is 0.313 e. The van der Waals surface area contributed by atoms with Crippen molar-refractivity contribution in [2.45, 2.75) is 17.4 Å². The van der Waals surface area contributed by atoms with Gasteiger partial charge < -0.3 is 5.32 Å². The van der Waals surface area contributed by atoms with Gasteiger partial charge in [-0.05, 0) is 37.2 Å². The topological polar surface area (TPSA) is 12.0 Å². The summed E-state index contributed by atoms with van der Waals surface area (Å²) in [6.45, 7) is 1.20. The summed E-state index contributed by atoms with van der Waals surface area (Å²) in [6, 6.07) is 9.25. The minimum Gasteiger partial charge on any atom is -0.313 e. The summed E-state index contributed by atoms with van der Waals surface area (Å²) < 4.78 is 1.15. The molecule has 1 aliphatic rings. The monoisotopic (exact) mass is 257 g/mol. The summed E-state index contributed by atoms with van der Waals surface area (Å²) in [5.74, 6) is 1.20. The smallest absolute Gasteiger partial charge is 0.0176 e. The summed E-state index contributed by atoms with van der Waals surface area (Å²) in [6.07, 6.45) is 1.34. The van der Waals surface area contributed by atoms with E-state index < -0.39 is 0 Å². The molecule has 1 N–H and O–H groups in total. The molecule has 0 bridgehead atoms. The number of thioether (sulfide) groups is 1. The minimum absolute atomic E-state index is 0.744. The molecule has 1 nitrogen and oxygen atoms in total. The fraction of sp³-hybridized carbons (Fsp3) is 0.400. The highest BCUT2D eigenvalue weighted by Crippen LogP contribution is 2.22. The number of hydrogen-bond donors (Lipinski definition) is 1. The summed E-state index contributed by atoms with van der Waals surface area (Å²) in [7, 11) is 0. The third-order valence-corrected chi connectivity index (χ3v) is 3.89. The second-order valence-electron chi connectivity index (χ2n) is 3.20. The summed E-state index contributed by atoms with van der Waals surface area (Å²) in [5.41, 5.74) is 0. The van der Waals surface area contributed by atoms with E-state index in [-0.39, 0.29) is 0 Å². The van der Waals surface area contributed by atoms with Gasteiger partial charge in [-0.3, -0.25) is 0 Å². The standard InChI is InChI=1S/C10H12BrNS/c11-8-1-3-10(4-2-8)13-7-9-5-6-12-9/h1-4,9,12H,5-7H2. The van der Waals surface area contributed by atoms with Crippen LogP contribution < -0.4 is 5.32 Å². The molecule has 1 saturated heterocycles. The second kappa shape index (κ2) is 4.49. The number of hydrogen-bond acceptors (Lipinski definition) is 2. The highest BCUT2D eigenvalue weighted by Gasteiger charge is 2.15. The van der Waals surface area contributed by atoms with E-state index in [1.807, 2.05) is 11.8 Å². The van der Waals surface area contributed by atoms with Gasteiger partial charge in [-0.25, -0.2) is 0 Å². The molecule has 1 unspecified atom stereocenters. The summed E-state index contributed by atoms with van der Waals surface area (Å²) in [5, 5.41) is 3.40. The Bertz CT molecular complexity index is 269. The highest BCUT2D eigenvalue weighted by atomic mass is 79.9. The quantitative estimate of drug-likeness (QED) is 0.837. The van der Waals surface area contributed by atoms with E-state index in [0.717, 1.165) is 10.5 Å². The Morgan fingerprint density at radius 3 is 2.62 bits per heavy atom. The predicted octanol–water partition coefficient (Wildman–Crippen LogP) is 2.90. The maximum Gasteiger partial charge on any atom is 0.0176 e. The van der Waals surface area contributed by atoms with Gasteiger partial charge >= 0.3 is 0 Å². The van der Waals surface area contributed by atoms with Crippen LogP contribution in [0.2, 0.25) is 0 Å². The van der Waals surface area contributed by atoms with Crippen molar-refractivity contribution in [1.82, 2.24) is 5.32 Å². The lowest BCUT2D eigenvalue weighted by Crippen LogP contribution is -2.44. The van der Waals surface area contributed by atoms with E-state index in [1.54, 1.807) is 0 Å². The van der Waals surface area contributed by atoms with Crippen molar-refractivity contribution < 1.29 is 0 Å². The Kier molecular flexibility index (Phi) is 3.30. The molecule has 0 saturated carbocycles. The molecule has 0 radical (unpaired) electrons. The van der Waals surface area contributed by atoms with Crippen LogP contribution in [0.25, 0.3) is 0 Å². The molecule has 70 valence electrons. The molecule has 0 spiro atoms. The number of rotatable bonds is 3. The van der Waals surface area contributed by atoms with Crippen LogP contribution in [0.1, 0.15) is 6.42 Å². The van der Waals surface area contributed by atoms with Crippen molar-refractivity contribution in [2.75, 3.05) is 12.3 Å². The summed E-state index contributed by atoms with van der Waals surface area (Å²) in [4.78, 5) is 1.36. The van der Waals surface area contributed by atoms with Crippen molar-refractivity contribution >= 4 is 27.7 Å².